The number of aryl methyl sites for hydroxylation is 3. The predicted octanol–water partition coefficient (Wildman–Crippen LogP) is 3.76. The number of nitrogens with zero attached hydrogens (tertiary/aromatic N) is 4. The fourth-order valence-corrected chi connectivity index (χ4v) is 3.55. The minimum Gasteiger partial charge on any atom is -0.356 e. The van der Waals surface area contributed by atoms with E-state index in [2.05, 4.69) is 87.5 Å². The maximum atomic E-state index is 4.52. The van der Waals surface area contributed by atoms with Crippen LogP contribution in [0.25, 0.3) is 0 Å². The normalized spacial score (nSPS) is 12.6. The van der Waals surface area contributed by atoms with Crippen LogP contribution >= 0.6 is 24.0 Å². The van der Waals surface area contributed by atoms with Crippen LogP contribution in [0.2, 0.25) is 0 Å². The van der Waals surface area contributed by atoms with Crippen molar-refractivity contribution in [1.29, 1.82) is 0 Å². The van der Waals surface area contributed by atoms with Gasteiger partial charge in [-0.05, 0) is 45.0 Å². The molecular formula is C22H37IN6. The van der Waals surface area contributed by atoms with Gasteiger partial charge in [0.2, 0.25) is 0 Å². The fourth-order valence-electron chi connectivity index (χ4n) is 3.55. The van der Waals surface area contributed by atoms with E-state index in [0.717, 1.165) is 50.8 Å². The summed E-state index contributed by atoms with van der Waals surface area (Å²) in [4.78, 5) is 6.86. The minimum absolute atomic E-state index is 0. The van der Waals surface area contributed by atoms with Crippen LogP contribution in [0.4, 0.5) is 0 Å². The Morgan fingerprint density at radius 2 is 1.83 bits per heavy atom. The first-order chi connectivity index (χ1) is 13.6. The molecule has 2 N–H and O–H groups in total. The largest absolute Gasteiger partial charge is 0.356 e. The molecule has 0 saturated carbocycles. The van der Waals surface area contributed by atoms with E-state index >= 15 is 0 Å². The molecule has 0 aliphatic heterocycles. The van der Waals surface area contributed by atoms with Crippen LogP contribution in [-0.2, 0) is 6.54 Å². The van der Waals surface area contributed by atoms with Gasteiger partial charge in [-0.2, -0.15) is 5.10 Å². The van der Waals surface area contributed by atoms with Crippen molar-refractivity contribution in [3.63, 3.8) is 0 Å². The van der Waals surface area contributed by atoms with Crippen molar-refractivity contribution >= 4 is 29.9 Å². The molecule has 7 heteroatoms. The van der Waals surface area contributed by atoms with E-state index in [1.165, 1.54) is 11.3 Å². The summed E-state index contributed by atoms with van der Waals surface area (Å²) in [6.07, 6.45) is 1.00. The second-order valence-corrected chi connectivity index (χ2v) is 7.03. The number of hydrogen-bond donors (Lipinski definition) is 2. The summed E-state index contributed by atoms with van der Waals surface area (Å²) in [6.45, 7) is 13.2. The summed E-state index contributed by atoms with van der Waals surface area (Å²) >= 11 is 0. The molecule has 2 rings (SSSR count). The van der Waals surface area contributed by atoms with E-state index in [0.29, 0.717) is 6.04 Å². The van der Waals surface area contributed by atoms with Crippen LogP contribution in [0.15, 0.2) is 41.4 Å². The first-order valence-corrected chi connectivity index (χ1v) is 10.3. The summed E-state index contributed by atoms with van der Waals surface area (Å²) in [5.74, 6) is 0.849. The van der Waals surface area contributed by atoms with E-state index < -0.39 is 0 Å². The quantitative estimate of drug-likeness (QED) is 0.220. The van der Waals surface area contributed by atoms with Crippen LogP contribution in [0.1, 0.15) is 43.3 Å². The minimum atomic E-state index is 0. The summed E-state index contributed by atoms with van der Waals surface area (Å²) in [5.41, 5.74) is 3.62. The van der Waals surface area contributed by atoms with Crippen molar-refractivity contribution in [3.8, 4) is 0 Å². The van der Waals surface area contributed by atoms with Crippen molar-refractivity contribution in [3.05, 3.63) is 53.3 Å². The van der Waals surface area contributed by atoms with Gasteiger partial charge in [0.05, 0.1) is 11.7 Å². The van der Waals surface area contributed by atoms with Gasteiger partial charge in [0.25, 0.3) is 0 Å². The molecule has 29 heavy (non-hydrogen) atoms. The van der Waals surface area contributed by atoms with Gasteiger partial charge in [-0.15, -0.1) is 24.0 Å². The lowest BCUT2D eigenvalue weighted by atomic mass is 10.1. The zero-order valence-corrected chi connectivity index (χ0v) is 20.8. The zero-order valence-electron chi connectivity index (χ0n) is 18.5. The molecule has 0 amide bonds. The highest BCUT2D eigenvalue weighted by Gasteiger charge is 2.18. The second kappa shape index (κ2) is 13.6. The molecule has 0 spiro atoms. The number of nitrogens with one attached hydrogen (secondary N) is 2. The third-order valence-electron chi connectivity index (χ3n) is 5.07. The average molecular weight is 512 g/mol. The third kappa shape index (κ3) is 7.97. The Kier molecular flexibility index (Phi) is 11.9. The summed E-state index contributed by atoms with van der Waals surface area (Å²) in [6, 6.07) is 13.1. The first kappa shape index (κ1) is 25.4. The van der Waals surface area contributed by atoms with Crippen molar-refractivity contribution < 1.29 is 0 Å². The molecule has 162 valence electrons. The number of hydrogen-bond acceptors (Lipinski definition) is 3. The van der Waals surface area contributed by atoms with E-state index in [1.54, 1.807) is 0 Å². The van der Waals surface area contributed by atoms with Gasteiger partial charge in [0, 0.05) is 32.4 Å². The average Bonchev–Trinajstić information content (AvgIpc) is 3.04. The molecular weight excluding hydrogens is 475 g/mol. The Bertz CT molecular complexity index is 724. The molecule has 0 bridgehead atoms. The lowest BCUT2D eigenvalue weighted by molar-refractivity contribution is 0.219. The van der Waals surface area contributed by atoms with Crippen LogP contribution in [0.5, 0.6) is 0 Å². The Labute approximate surface area is 193 Å². The number of likely N-dealkylation sites (N-methyl/N-ethyl adjacent to an activating group) is 1. The summed E-state index contributed by atoms with van der Waals surface area (Å²) < 4.78 is 2.07. The van der Waals surface area contributed by atoms with Crippen molar-refractivity contribution in [2.45, 2.75) is 46.7 Å². The lowest BCUT2D eigenvalue weighted by Crippen LogP contribution is -2.43. The van der Waals surface area contributed by atoms with Gasteiger partial charge in [0.15, 0.2) is 5.96 Å². The number of benzene rings is 1. The molecule has 6 nitrogen and oxygen atoms in total. The van der Waals surface area contributed by atoms with Crippen LogP contribution in [0, 0.1) is 13.8 Å². The second-order valence-electron chi connectivity index (χ2n) is 7.03. The van der Waals surface area contributed by atoms with Crippen molar-refractivity contribution in [2.24, 2.45) is 4.99 Å². The highest BCUT2D eigenvalue weighted by molar-refractivity contribution is 14.0. The van der Waals surface area contributed by atoms with Gasteiger partial charge < -0.3 is 10.6 Å². The summed E-state index contributed by atoms with van der Waals surface area (Å²) in [5, 5.41) is 11.4. The number of guanidine groups is 1. The standard InChI is InChI=1S/C22H36N6.HI/c1-6-27(7-2)21(20-12-9-8-10-13-20)17-25-22(23-5)24-14-11-15-28-19(4)16-18(3)26-28;/h8-10,12-13,16,21H,6-7,11,14-15,17H2,1-5H3,(H2,23,24,25);1H. The summed E-state index contributed by atoms with van der Waals surface area (Å²) in [7, 11) is 1.82. The van der Waals surface area contributed by atoms with Crippen LogP contribution in [-0.4, -0.2) is 53.9 Å². The number of aliphatic imine (C=N–C) groups is 1. The molecule has 0 saturated heterocycles. The highest BCUT2D eigenvalue weighted by Crippen LogP contribution is 2.19. The van der Waals surface area contributed by atoms with Gasteiger partial charge in [0.1, 0.15) is 0 Å². The molecule has 0 aliphatic carbocycles. The van der Waals surface area contributed by atoms with Gasteiger partial charge in [-0.3, -0.25) is 14.6 Å². The lowest BCUT2D eigenvalue weighted by Gasteiger charge is -2.30. The van der Waals surface area contributed by atoms with Gasteiger partial charge in [-0.25, -0.2) is 0 Å². The smallest absolute Gasteiger partial charge is 0.191 e. The van der Waals surface area contributed by atoms with Gasteiger partial charge >= 0.3 is 0 Å². The molecule has 0 fully saturated rings. The maximum Gasteiger partial charge on any atom is 0.191 e. The Morgan fingerprint density at radius 1 is 1.14 bits per heavy atom. The molecule has 0 aliphatic rings. The molecule has 2 aromatic rings. The van der Waals surface area contributed by atoms with Crippen LogP contribution in [0.3, 0.4) is 0 Å². The maximum absolute atomic E-state index is 4.52. The van der Waals surface area contributed by atoms with Crippen molar-refractivity contribution in [2.75, 3.05) is 33.2 Å². The van der Waals surface area contributed by atoms with Crippen LogP contribution < -0.4 is 10.6 Å². The molecule has 0 radical (unpaired) electrons. The first-order valence-electron chi connectivity index (χ1n) is 10.3. The van der Waals surface area contributed by atoms with Crippen molar-refractivity contribution in [1.82, 2.24) is 25.3 Å². The van der Waals surface area contributed by atoms with E-state index in [9.17, 15) is 0 Å². The molecule has 1 atom stereocenters. The molecule has 1 unspecified atom stereocenters. The van der Waals surface area contributed by atoms with E-state index in [-0.39, 0.29) is 24.0 Å². The topological polar surface area (TPSA) is 57.5 Å². The van der Waals surface area contributed by atoms with E-state index in [4.69, 9.17) is 0 Å². The van der Waals surface area contributed by atoms with Gasteiger partial charge in [-0.1, -0.05) is 44.2 Å². The molecule has 1 aromatic carbocycles. The highest BCUT2D eigenvalue weighted by atomic mass is 127. The Balaban J connectivity index is 0.00000420. The molecule has 1 aromatic heterocycles. The molecule has 1 heterocycles. The third-order valence-corrected chi connectivity index (χ3v) is 5.07. The number of rotatable bonds is 10. The fraction of sp³-hybridized carbons (Fsp3) is 0.545. The number of halogens is 1. The zero-order chi connectivity index (χ0) is 20.4. The number of aromatic nitrogens is 2. The predicted molar refractivity (Wildman–Crippen MR) is 133 cm³/mol. The monoisotopic (exact) mass is 512 g/mol. The SMILES string of the molecule is CCN(CC)C(CNC(=NC)NCCCn1nc(C)cc1C)c1ccccc1.I. The van der Waals surface area contributed by atoms with E-state index in [1.807, 2.05) is 14.0 Å². The Hall–Kier alpha value is -1.61. The Morgan fingerprint density at radius 3 is 2.38 bits per heavy atom.